The minimum atomic E-state index is -0.288. The SMILES string of the molecule is N#CN1CCN2CCN(c3ccc(-c4nccc5cn[nH]c45)cn3)C(=O)C2C1. The quantitative estimate of drug-likeness (QED) is 0.663. The number of nitrogens with zero attached hydrogens (tertiary/aromatic N) is 7. The van der Waals surface area contributed by atoms with Crippen LogP contribution in [0.1, 0.15) is 0 Å². The summed E-state index contributed by atoms with van der Waals surface area (Å²) in [5.41, 5.74) is 2.50. The summed E-state index contributed by atoms with van der Waals surface area (Å²) in [5, 5.41) is 17.2. The molecule has 2 saturated heterocycles. The van der Waals surface area contributed by atoms with Gasteiger partial charge in [-0.2, -0.15) is 10.4 Å². The van der Waals surface area contributed by atoms with Crippen LogP contribution in [-0.4, -0.2) is 74.6 Å². The van der Waals surface area contributed by atoms with Crippen molar-refractivity contribution in [3.8, 4) is 17.5 Å². The summed E-state index contributed by atoms with van der Waals surface area (Å²) in [6, 6.07) is 5.39. The number of pyridine rings is 2. The fourth-order valence-corrected chi connectivity index (χ4v) is 3.93. The van der Waals surface area contributed by atoms with Crippen LogP contribution in [0, 0.1) is 11.5 Å². The third-order valence-corrected chi connectivity index (χ3v) is 5.46. The van der Waals surface area contributed by atoms with Gasteiger partial charge in [0.15, 0.2) is 6.19 Å². The Hall–Kier alpha value is -3.51. The standard InChI is InChI=1S/C19H18N8O/c20-12-25-5-6-26-7-8-27(19(28)15(26)11-25)16-2-1-13(9-22-16)17-18-14(3-4-21-17)10-23-24-18/h1-4,9-10,15H,5-8,11H2,(H,23,24). The highest BCUT2D eigenvalue weighted by Gasteiger charge is 2.39. The van der Waals surface area contributed by atoms with Crippen LogP contribution in [-0.2, 0) is 4.79 Å². The average molecular weight is 374 g/mol. The number of aromatic nitrogens is 4. The van der Waals surface area contributed by atoms with E-state index in [4.69, 9.17) is 5.26 Å². The number of fused-ring (bicyclic) bond motifs is 2. The van der Waals surface area contributed by atoms with Crippen molar-refractivity contribution >= 4 is 22.6 Å². The minimum Gasteiger partial charge on any atom is -0.307 e. The predicted octanol–water partition coefficient (Wildman–Crippen LogP) is 0.834. The number of nitriles is 1. The van der Waals surface area contributed by atoms with Gasteiger partial charge in [0.2, 0.25) is 5.91 Å². The third kappa shape index (κ3) is 2.66. The second-order valence-electron chi connectivity index (χ2n) is 6.99. The predicted molar refractivity (Wildman–Crippen MR) is 102 cm³/mol. The van der Waals surface area contributed by atoms with E-state index in [2.05, 4.69) is 31.3 Å². The molecule has 0 aromatic carbocycles. The first-order chi connectivity index (χ1) is 13.7. The van der Waals surface area contributed by atoms with Crippen molar-refractivity contribution < 1.29 is 4.79 Å². The molecule has 5 heterocycles. The molecule has 9 heteroatoms. The number of aromatic amines is 1. The number of carbonyl (C=O) groups excluding carboxylic acids is 1. The van der Waals surface area contributed by atoms with Gasteiger partial charge in [0, 0.05) is 49.5 Å². The zero-order valence-corrected chi connectivity index (χ0v) is 15.1. The van der Waals surface area contributed by atoms with Gasteiger partial charge in [-0.25, -0.2) is 4.98 Å². The molecule has 0 saturated carbocycles. The van der Waals surface area contributed by atoms with Crippen molar-refractivity contribution in [1.29, 1.82) is 5.26 Å². The van der Waals surface area contributed by atoms with Crippen LogP contribution in [0.5, 0.6) is 0 Å². The number of amides is 1. The van der Waals surface area contributed by atoms with Gasteiger partial charge in [-0.3, -0.25) is 24.7 Å². The first kappa shape index (κ1) is 16.6. The molecule has 3 aromatic heterocycles. The van der Waals surface area contributed by atoms with Crippen LogP contribution >= 0.6 is 0 Å². The fourth-order valence-electron chi connectivity index (χ4n) is 3.93. The number of hydrogen-bond donors (Lipinski definition) is 1. The molecular formula is C19H18N8O. The number of anilines is 1. The van der Waals surface area contributed by atoms with Gasteiger partial charge in [0.25, 0.3) is 0 Å². The molecule has 5 rings (SSSR count). The summed E-state index contributed by atoms with van der Waals surface area (Å²) in [4.78, 5) is 27.5. The van der Waals surface area contributed by atoms with E-state index in [1.165, 1.54) is 0 Å². The molecule has 0 bridgehead atoms. The lowest BCUT2D eigenvalue weighted by Crippen LogP contribution is -2.64. The van der Waals surface area contributed by atoms with Crippen LogP contribution in [0.3, 0.4) is 0 Å². The van der Waals surface area contributed by atoms with Crippen LogP contribution in [0.4, 0.5) is 5.82 Å². The molecule has 140 valence electrons. The van der Waals surface area contributed by atoms with Crippen molar-refractivity contribution in [2.75, 3.05) is 37.6 Å². The van der Waals surface area contributed by atoms with Gasteiger partial charge >= 0.3 is 0 Å². The monoisotopic (exact) mass is 374 g/mol. The topological polar surface area (TPSA) is 105 Å². The summed E-state index contributed by atoms with van der Waals surface area (Å²) in [6.07, 6.45) is 7.39. The van der Waals surface area contributed by atoms with Crippen molar-refractivity contribution in [2.45, 2.75) is 6.04 Å². The molecule has 9 nitrogen and oxygen atoms in total. The molecule has 0 spiro atoms. The van der Waals surface area contributed by atoms with E-state index in [-0.39, 0.29) is 11.9 Å². The normalized spacial score (nSPS) is 20.2. The largest absolute Gasteiger partial charge is 0.307 e. The van der Waals surface area contributed by atoms with E-state index in [1.807, 2.05) is 18.2 Å². The third-order valence-electron chi connectivity index (χ3n) is 5.46. The summed E-state index contributed by atoms with van der Waals surface area (Å²) >= 11 is 0. The molecule has 2 aliphatic heterocycles. The molecule has 2 fully saturated rings. The first-order valence-electron chi connectivity index (χ1n) is 9.19. The zero-order chi connectivity index (χ0) is 19.1. The highest BCUT2D eigenvalue weighted by Crippen LogP contribution is 2.26. The number of carbonyl (C=O) groups is 1. The maximum absolute atomic E-state index is 13.0. The second kappa shape index (κ2) is 6.58. The molecule has 1 atom stereocenters. The molecule has 0 radical (unpaired) electrons. The van der Waals surface area contributed by atoms with E-state index in [0.717, 1.165) is 35.2 Å². The van der Waals surface area contributed by atoms with Crippen LogP contribution in [0.2, 0.25) is 0 Å². The molecule has 1 amide bonds. The summed E-state index contributed by atoms with van der Waals surface area (Å²) in [5.74, 6) is 0.625. The summed E-state index contributed by atoms with van der Waals surface area (Å²) in [6.45, 7) is 3.25. The van der Waals surface area contributed by atoms with Crippen molar-refractivity contribution in [2.24, 2.45) is 0 Å². The number of piperazine rings is 2. The van der Waals surface area contributed by atoms with Gasteiger partial charge in [0.05, 0.1) is 24.0 Å². The van der Waals surface area contributed by atoms with Crippen molar-refractivity contribution in [1.82, 2.24) is 30.0 Å². The van der Waals surface area contributed by atoms with Crippen molar-refractivity contribution in [3.63, 3.8) is 0 Å². The van der Waals surface area contributed by atoms with Gasteiger partial charge in [-0.05, 0) is 18.2 Å². The van der Waals surface area contributed by atoms with Gasteiger partial charge in [-0.1, -0.05) is 0 Å². The Morgan fingerprint density at radius 1 is 1.11 bits per heavy atom. The van der Waals surface area contributed by atoms with E-state index >= 15 is 0 Å². The van der Waals surface area contributed by atoms with Gasteiger partial charge in [0.1, 0.15) is 11.9 Å². The highest BCUT2D eigenvalue weighted by molar-refractivity contribution is 5.98. The van der Waals surface area contributed by atoms with Crippen molar-refractivity contribution in [3.05, 3.63) is 36.8 Å². The molecule has 28 heavy (non-hydrogen) atoms. The minimum absolute atomic E-state index is 0.000226. The molecular weight excluding hydrogens is 356 g/mol. The zero-order valence-electron chi connectivity index (χ0n) is 15.1. The lowest BCUT2D eigenvalue weighted by atomic mass is 10.1. The number of nitrogens with one attached hydrogen (secondary N) is 1. The Bertz CT molecular complexity index is 1070. The van der Waals surface area contributed by atoms with Crippen LogP contribution in [0.15, 0.2) is 36.8 Å². The molecule has 2 aliphatic rings. The van der Waals surface area contributed by atoms with Gasteiger partial charge < -0.3 is 4.90 Å². The lowest BCUT2D eigenvalue weighted by Gasteiger charge is -2.44. The average Bonchev–Trinajstić information content (AvgIpc) is 3.23. The fraction of sp³-hybridized carbons (Fsp3) is 0.316. The maximum Gasteiger partial charge on any atom is 0.247 e. The molecule has 1 N–H and O–H groups in total. The Balaban J connectivity index is 1.41. The molecule has 1 unspecified atom stereocenters. The number of hydrogen-bond acceptors (Lipinski definition) is 7. The Morgan fingerprint density at radius 3 is 2.82 bits per heavy atom. The Labute approximate surface area is 161 Å². The number of rotatable bonds is 2. The Morgan fingerprint density at radius 2 is 2.00 bits per heavy atom. The second-order valence-corrected chi connectivity index (χ2v) is 6.99. The first-order valence-corrected chi connectivity index (χ1v) is 9.19. The highest BCUT2D eigenvalue weighted by atomic mass is 16.2. The molecule has 0 aliphatic carbocycles. The maximum atomic E-state index is 13.0. The summed E-state index contributed by atoms with van der Waals surface area (Å²) in [7, 11) is 0. The van der Waals surface area contributed by atoms with Gasteiger partial charge in [-0.15, -0.1) is 0 Å². The van der Waals surface area contributed by atoms with E-state index in [9.17, 15) is 4.79 Å². The van der Waals surface area contributed by atoms with Crippen LogP contribution in [0.25, 0.3) is 22.2 Å². The molecule has 3 aromatic rings. The smallest absolute Gasteiger partial charge is 0.247 e. The van der Waals surface area contributed by atoms with E-state index in [0.29, 0.717) is 25.5 Å². The summed E-state index contributed by atoms with van der Waals surface area (Å²) < 4.78 is 0. The van der Waals surface area contributed by atoms with Crippen LogP contribution < -0.4 is 4.90 Å². The lowest BCUT2D eigenvalue weighted by molar-refractivity contribution is -0.127. The number of H-pyrrole nitrogens is 1. The van der Waals surface area contributed by atoms with E-state index < -0.39 is 0 Å². The van der Waals surface area contributed by atoms with E-state index in [1.54, 1.807) is 28.4 Å². The Kier molecular flexibility index (Phi) is 3.91.